The zero-order valence-electron chi connectivity index (χ0n) is 13.9. The summed E-state index contributed by atoms with van der Waals surface area (Å²) in [7, 11) is 1.59. The number of hydrogen-bond acceptors (Lipinski definition) is 3. The van der Waals surface area contributed by atoms with Crippen LogP contribution in [-0.4, -0.2) is 31.5 Å². The quantitative estimate of drug-likeness (QED) is 0.907. The average molecular weight is 342 g/mol. The molecule has 1 heterocycles. The number of rotatable bonds is 5. The van der Waals surface area contributed by atoms with Crippen LogP contribution in [-0.2, 0) is 16.0 Å². The Kier molecular flexibility index (Phi) is 4.97. The standard InChI is InChI=1S/C19H19FN2O3/c1-25-17-7-5-13(6-8-17)9-18(23)21-15-11-19(24)22(12-15)16-4-2-3-14(20)10-16/h2-8,10,15H,9,11-12H2,1H3,(H,21,23)/t15-/m1/s1. The summed E-state index contributed by atoms with van der Waals surface area (Å²) in [6.07, 6.45) is 0.444. The Morgan fingerprint density at radius 3 is 2.72 bits per heavy atom. The molecule has 1 N–H and O–H groups in total. The van der Waals surface area contributed by atoms with Crippen molar-refractivity contribution in [3.05, 3.63) is 59.9 Å². The van der Waals surface area contributed by atoms with Crippen molar-refractivity contribution in [3.63, 3.8) is 0 Å². The van der Waals surface area contributed by atoms with E-state index in [0.29, 0.717) is 12.2 Å². The van der Waals surface area contributed by atoms with Crippen molar-refractivity contribution < 1.29 is 18.7 Å². The second kappa shape index (κ2) is 7.34. The largest absolute Gasteiger partial charge is 0.497 e. The Hall–Kier alpha value is -2.89. The van der Waals surface area contributed by atoms with E-state index in [1.807, 2.05) is 12.1 Å². The van der Waals surface area contributed by atoms with Crippen molar-refractivity contribution in [3.8, 4) is 5.75 Å². The first-order valence-electron chi connectivity index (χ1n) is 8.03. The van der Waals surface area contributed by atoms with Crippen LogP contribution in [0.15, 0.2) is 48.5 Å². The molecule has 0 aromatic heterocycles. The van der Waals surface area contributed by atoms with Crippen LogP contribution >= 0.6 is 0 Å². The fraction of sp³-hybridized carbons (Fsp3) is 0.263. The minimum absolute atomic E-state index is 0.125. The number of nitrogens with zero attached hydrogens (tertiary/aromatic N) is 1. The highest BCUT2D eigenvalue weighted by molar-refractivity contribution is 5.96. The molecule has 1 aliphatic heterocycles. The number of ether oxygens (including phenoxy) is 1. The third-order valence-electron chi connectivity index (χ3n) is 4.13. The first kappa shape index (κ1) is 17.0. The van der Waals surface area contributed by atoms with Gasteiger partial charge in [0.25, 0.3) is 0 Å². The SMILES string of the molecule is COc1ccc(CC(=O)N[C@@H]2CC(=O)N(c3cccc(F)c3)C2)cc1. The lowest BCUT2D eigenvalue weighted by Gasteiger charge is -2.17. The molecule has 0 radical (unpaired) electrons. The van der Waals surface area contributed by atoms with Crippen molar-refractivity contribution >= 4 is 17.5 Å². The molecular weight excluding hydrogens is 323 g/mol. The number of methoxy groups -OCH3 is 1. The van der Waals surface area contributed by atoms with Gasteiger partial charge in [-0.05, 0) is 35.9 Å². The molecule has 6 heteroatoms. The van der Waals surface area contributed by atoms with Gasteiger partial charge in [-0.15, -0.1) is 0 Å². The molecule has 2 aromatic carbocycles. The van der Waals surface area contributed by atoms with E-state index in [2.05, 4.69) is 5.32 Å². The fourth-order valence-corrected chi connectivity index (χ4v) is 2.91. The van der Waals surface area contributed by atoms with Gasteiger partial charge >= 0.3 is 0 Å². The Bertz CT molecular complexity index is 776. The highest BCUT2D eigenvalue weighted by atomic mass is 19.1. The topological polar surface area (TPSA) is 58.6 Å². The third-order valence-corrected chi connectivity index (χ3v) is 4.13. The van der Waals surface area contributed by atoms with Crippen LogP contribution in [0.25, 0.3) is 0 Å². The first-order chi connectivity index (χ1) is 12.0. The van der Waals surface area contributed by atoms with Crippen molar-refractivity contribution in [2.24, 2.45) is 0 Å². The normalized spacial score (nSPS) is 16.8. The van der Waals surface area contributed by atoms with Crippen LogP contribution in [0.1, 0.15) is 12.0 Å². The third kappa shape index (κ3) is 4.15. The first-order valence-corrected chi connectivity index (χ1v) is 8.03. The number of carbonyl (C=O) groups is 2. The number of amides is 2. The Balaban J connectivity index is 1.58. The van der Waals surface area contributed by atoms with E-state index in [9.17, 15) is 14.0 Å². The number of carbonyl (C=O) groups excluding carboxylic acids is 2. The van der Waals surface area contributed by atoms with E-state index in [4.69, 9.17) is 4.74 Å². The average Bonchev–Trinajstić information content (AvgIpc) is 2.95. The fourth-order valence-electron chi connectivity index (χ4n) is 2.91. The number of nitrogens with one attached hydrogen (secondary N) is 1. The Labute approximate surface area is 145 Å². The molecule has 0 bridgehead atoms. The van der Waals surface area contributed by atoms with Crippen LogP contribution in [0.5, 0.6) is 5.75 Å². The lowest BCUT2D eigenvalue weighted by molar-refractivity contribution is -0.121. The molecule has 25 heavy (non-hydrogen) atoms. The lowest BCUT2D eigenvalue weighted by atomic mass is 10.1. The van der Waals surface area contributed by atoms with Gasteiger partial charge in [-0.2, -0.15) is 0 Å². The van der Waals surface area contributed by atoms with E-state index < -0.39 is 5.82 Å². The summed E-state index contributed by atoms with van der Waals surface area (Å²) in [6.45, 7) is 0.344. The van der Waals surface area contributed by atoms with Crippen molar-refractivity contribution in [1.82, 2.24) is 5.32 Å². The molecular formula is C19H19FN2O3. The van der Waals surface area contributed by atoms with Gasteiger partial charge in [-0.1, -0.05) is 18.2 Å². The van der Waals surface area contributed by atoms with E-state index in [-0.39, 0.29) is 30.7 Å². The van der Waals surface area contributed by atoms with Crippen LogP contribution in [0.2, 0.25) is 0 Å². The number of anilines is 1. The molecule has 2 aromatic rings. The van der Waals surface area contributed by atoms with E-state index in [1.165, 1.54) is 17.0 Å². The second-order valence-corrected chi connectivity index (χ2v) is 5.98. The molecule has 1 atom stereocenters. The van der Waals surface area contributed by atoms with Crippen molar-refractivity contribution in [2.45, 2.75) is 18.9 Å². The summed E-state index contributed by atoms with van der Waals surface area (Å²) >= 11 is 0. The minimum Gasteiger partial charge on any atom is -0.497 e. The summed E-state index contributed by atoms with van der Waals surface area (Å²) in [4.78, 5) is 25.8. The van der Waals surface area contributed by atoms with Gasteiger partial charge in [-0.3, -0.25) is 9.59 Å². The summed E-state index contributed by atoms with van der Waals surface area (Å²) in [6, 6.07) is 12.9. The molecule has 0 aliphatic carbocycles. The van der Waals surface area contributed by atoms with E-state index in [1.54, 1.807) is 31.4 Å². The molecule has 0 unspecified atom stereocenters. The molecule has 1 fully saturated rings. The van der Waals surface area contributed by atoms with Gasteiger partial charge in [0.15, 0.2) is 0 Å². The number of hydrogen-bond donors (Lipinski definition) is 1. The van der Waals surface area contributed by atoms with Gasteiger partial charge in [0, 0.05) is 18.7 Å². The van der Waals surface area contributed by atoms with Crippen molar-refractivity contribution in [1.29, 1.82) is 0 Å². The van der Waals surface area contributed by atoms with Crippen molar-refractivity contribution in [2.75, 3.05) is 18.6 Å². The van der Waals surface area contributed by atoms with E-state index in [0.717, 1.165) is 11.3 Å². The molecule has 0 saturated carbocycles. The number of halogens is 1. The summed E-state index contributed by atoms with van der Waals surface area (Å²) in [5, 5.41) is 2.87. The maximum atomic E-state index is 13.3. The molecule has 130 valence electrons. The molecule has 3 rings (SSSR count). The summed E-state index contributed by atoms with van der Waals surface area (Å²) < 4.78 is 18.4. The highest BCUT2D eigenvalue weighted by Crippen LogP contribution is 2.22. The van der Waals surface area contributed by atoms with Gasteiger partial charge in [0.2, 0.25) is 11.8 Å². The summed E-state index contributed by atoms with van der Waals surface area (Å²) in [5.74, 6) is 0.0676. The predicted octanol–water partition coefficient (Wildman–Crippen LogP) is 2.30. The van der Waals surface area contributed by atoms with Crippen LogP contribution in [0.3, 0.4) is 0 Å². The number of benzene rings is 2. The maximum absolute atomic E-state index is 13.3. The van der Waals surface area contributed by atoms with Crippen LogP contribution in [0, 0.1) is 5.82 Å². The van der Waals surface area contributed by atoms with Gasteiger partial charge < -0.3 is 15.0 Å². The minimum atomic E-state index is -0.391. The molecule has 5 nitrogen and oxygen atoms in total. The predicted molar refractivity (Wildman–Crippen MR) is 92.0 cm³/mol. The lowest BCUT2D eigenvalue weighted by Crippen LogP contribution is -2.38. The smallest absolute Gasteiger partial charge is 0.229 e. The molecule has 1 saturated heterocycles. The Morgan fingerprint density at radius 2 is 2.04 bits per heavy atom. The van der Waals surface area contributed by atoms with Gasteiger partial charge in [-0.25, -0.2) is 4.39 Å². The second-order valence-electron chi connectivity index (χ2n) is 5.98. The van der Waals surface area contributed by atoms with Gasteiger partial charge in [0.1, 0.15) is 11.6 Å². The Morgan fingerprint density at radius 1 is 1.28 bits per heavy atom. The van der Waals surface area contributed by atoms with Gasteiger partial charge in [0.05, 0.1) is 19.6 Å². The highest BCUT2D eigenvalue weighted by Gasteiger charge is 2.31. The van der Waals surface area contributed by atoms with E-state index >= 15 is 0 Å². The van der Waals surface area contributed by atoms with Crippen LogP contribution in [0.4, 0.5) is 10.1 Å². The zero-order chi connectivity index (χ0) is 17.8. The molecule has 2 amide bonds. The zero-order valence-corrected chi connectivity index (χ0v) is 13.9. The monoisotopic (exact) mass is 342 g/mol. The molecule has 0 spiro atoms. The maximum Gasteiger partial charge on any atom is 0.229 e. The molecule has 1 aliphatic rings. The van der Waals surface area contributed by atoms with Crippen LogP contribution < -0.4 is 15.0 Å². The summed E-state index contributed by atoms with van der Waals surface area (Å²) in [5.41, 5.74) is 1.38.